The number of hydrogen-bond acceptors (Lipinski definition) is 3. The monoisotopic (exact) mass is 239 g/mol. The largest absolute Gasteiger partial charge is 0.481 e. The summed E-state index contributed by atoms with van der Waals surface area (Å²) in [5.74, 6) is 0.629. The van der Waals surface area contributed by atoms with E-state index in [2.05, 4.69) is 22.2 Å². The van der Waals surface area contributed by atoms with E-state index in [1.165, 1.54) is 0 Å². The van der Waals surface area contributed by atoms with Crippen molar-refractivity contribution in [2.45, 2.75) is 6.54 Å². The van der Waals surface area contributed by atoms with Gasteiger partial charge in [0.2, 0.25) is 5.88 Å². The average Bonchev–Trinajstić information content (AvgIpc) is 2.83. The molecule has 0 aliphatic carbocycles. The molecule has 0 bridgehead atoms. The molecule has 0 aliphatic heterocycles. The Morgan fingerprint density at radius 1 is 1.11 bits per heavy atom. The molecule has 0 atom stereocenters. The Labute approximate surface area is 105 Å². The van der Waals surface area contributed by atoms with E-state index in [1.807, 2.05) is 41.3 Å². The molecule has 0 unspecified atom stereocenters. The van der Waals surface area contributed by atoms with Crippen molar-refractivity contribution in [1.29, 1.82) is 0 Å². The molecule has 90 valence electrons. The zero-order valence-corrected chi connectivity index (χ0v) is 10.1. The molecule has 3 rings (SSSR count). The highest BCUT2D eigenvalue weighted by atomic mass is 16.5. The van der Waals surface area contributed by atoms with E-state index in [-0.39, 0.29) is 0 Å². The Kier molecular flexibility index (Phi) is 2.68. The molecule has 0 spiro atoms. The van der Waals surface area contributed by atoms with Crippen molar-refractivity contribution in [2.24, 2.45) is 0 Å². The molecule has 4 nitrogen and oxygen atoms in total. The minimum atomic E-state index is 0.629. The van der Waals surface area contributed by atoms with E-state index < -0.39 is 0 Å². The van der Waals surface area contributed by atoms with Gasteiger partial charge in [-0.3, -0.25) is 4.68 Å². The van der Waals surface area contributed by atoms with Crippen LogP contribution < -0.4 is 4.74 Å². The van der Waals surface area contributed by atoms with Gasteiger partial charge in [0.15, 0.2) is 0 Å². The van der Waals surface area contributed by atoms with Gasteiger partial charge in [-0.2, -0.15) is 5.10 Å². The van der Waals surface area contributed by atoms with Gasteiger partial charge in [0, 0.05) is 17.6 Å². The second kappa shape index (κ2) is 4.49. The van der Waals surface area contributed by atoms with Crippen LogP contribution in [-0.4, -0.2) is 21.9 Å². The smallest absolute Gasteiger partial charge is 0.212 e. The van der Waals surface area contributed by atoms with Crippen molar-refractivity contribution >= 4 is 10.9 Å². The maximum atomic E-state index is 5.04. The lowest BCUT2D eigenvalue weighted by molar-refractivity contribution is 0.397. The van der Waals surface area contributed by atoms with E-state index in [0.717, 1.165) is 16.5 Å². The molecule has 0 saturated carbocycles. The van der Waals surface area contributed by atoms with Gasteiger partial charge < -0.3 is 4.74 Å². The molecule has 4 heteroatoms. The number of aromatic nitrogens is 3. The summed E-state index contributed by atoms with van der Waals surface area (Å²) in [6.07, 6.45) is 3.70. The van der Waals surface area contributed by atoms with Crippen LogP contribution in [0, 0.1) is 0 Å². The SMILES string of the molecule is COc1ccc(Cn2ncc3ccccc32)cn1. The third kappa shape index (κ3) is 1.93. The van der Waals surface area contributed by atoms with Crippen LogP contribution in [0.25, 0.3) is 10.9 Å². The fraction of sp³-hybridized carbons (Fsp3) is 0.143. The molecule has 0 radical (unpaired) electrons. The lowest BCUT2D eigenvalue weighted by Gasteiger charge is -2.04. The van der Waals surface area contributed by atoms with Gasteiger partial charge in [-0.1, -0.05) is 24.3 Å². The summed E-state index contributed by atoms with van der Waals surface area (Å²) in [5, 5.41) is 5.54. The zero-order valence-electron chi connectivity index (χ0n) is 10.1. The number of benzene rings is 1. The maximum Gasteiger partial charge on any atom is 0.212 e. The van der Waals surface area contributed by atoms with Crippen molar-refractivity contribution in [1.82, 2.24) is 14.8 Å². The van der Waals surface area contributed by atoms with Crippen molar-refractivity contribution in [3.05, 3.63) is 54.4 Å². The number of fused-ring (bicyclic) bond motifs is 1. The molecule has 0 aliphatic rings. The molecular weight excluding hydrogens is 226 g/mol. The summed E-state index contributed by atoms with van der Waals surface area (Å²) in [5.41, 5.74) is 2.23. The number of para-hydroxylation sites is 1. The van der Waals surface area contributed by atoms with Crippen LogP contribution in [0.2, 0.25) is 0 Å². The van der Waals surface area contributed by atoms with Gasteiger partial charge in [0.1, 0.15) is 0 Å². The maximum absolute atomic E-state index is 5.04. The second-order valence-electron chi connectivity index (χ2n) is 4.07. The zero-order chi connectivity index (χ0) is 12.4. The molecule has 0 saturated heterocycles. The summed E-state index contributed by atoms with van der Waals surface area (Å²) >= 11 is 0. The first-order chi connectivity index (χ1) is 8.86. The Hall–Kier alpha value is -2.36. The fourth-order valence-electron chi connectivity index (χ4n) is 1.95. The van der Waals surface area contributed by atoms with Crippen LogP contribution in [0.3, 0.4) is 0 Å². The molecule has 18 heavy (non-hydrogen) atoms. The van der Waals surface area contributed by atoms with Gasteiger partial charge >= 0.3 is 0 Å². The molecule has 2 aromatic heterocycles. The van der Waals surface area contributed by atoms with Crippen molar-refractivity contribution in [3.8, 4) is 5.88 Å². The van der Waals surface area contributed by atoms with Gasteiger partial charge in [-0.05, 0) is 11.6 Å². The van der Waals surface area contributed by atoms with Crippen molar-refractivity contribution < 1.29 is 4.74 Å². The summed E-state index contributed by atoms with van der Waals surface area (Å²) in [6.45, 7) is 0.713. The summed E-state index contributed by atoms with van der Waals surface area (Å²) in [6, 6.07) is 12.0. The number of rotatable bonds is 3. The van der Waals surface area contributed by atoms with Gasteiger partial charge in [0.05, 0.1) is 25.4 Å². The van der Waals surface area contributed by atoms with Crippen LogP contribution in [-0.2, 0) is 6.54 Å². The molecule has 1 aromatic carbocycles. The summed E-state index contributed by atoms with van der Waals surface area (Å²) in [4.78, 5) is 4.19. The number of hydrogen-bond donors (Lipinski definition) is 0. The van der Waals surface area contributed by atoms with Crippen LogP contribution >= 0.6 is 0 Å². The fourth-order valence-corrected chi connectivity index (χ4v) is 1.95. The first-order valence-electron chi connectivity index (χ1n) is 5.76. The third-order valence-electron chi connectivity index (χ3n) is 2.89. The highest BCUT2D eigenvalue weighted by Gasteiger charge is 2.03. The lowest BCUT2D eigenvalue weighted by atomic mass is 10.2. The Morgan fingerprint density at radius 3 is 2.78 bits per heavy atom. The Balaban J connectivity index is 1.91. The predicted molar refractivity (Wildman–Crippen MR) is 69.6 cm³/mol. The summed E-state index contributed by atoms with van der Waals surface area (Å²) < 4.78 is 7.01. The molecule has 3 aromatic rings. The molecular formula is C14H13N3O. The van der Waals surface area contributed by atoms with Crippen LogP contribution in [0.15, 0.2) is 48.8 Å². The number of methoxy groups -OCH3 is 1. The molecule has 2 heterocycles. The Bertz CT molecular complexity index is 658. The van der Waals surface area contributed by atoms with Gasteiger partial charge in [-0.25, -0.2) is 4.98 Å². The van der Waals surface area contributed by atoms with Crippen molar-refractivity contribution in [3.63, 3.8) is 0 Å². The number of ether oxygens (including phenoxy) is 1. The number of pyridine rings is 1. The third-order valence-corrected chi connectivity index (χ3v) is 2.89. The second-order valence-corrected chi connectivity index (χ2v) is 4.07. The van der Waals surface area contributed by atoms with Crippen LogP contribution in [0.5, 0.6) is 5.88 Å². The summed E-state index contributed by atoms with van der Waals surface area (Å²) in [7, 11) is 1.61. The minimum Gasteiger partial charge on any atom is -0.481 e. The molecule has 0 N–H and O–H groups in total. The van der Waals surface area contributed by atoms with E-state index in [1.54, 1.807) is 7.11 Å². The molecule has 0 fully saturated rings. The highest BCUT2D eigenvalue weighted by Crippen LogP contribution is 2.15. The van der Waals surface area contributed by atoms with E-state index in [4.69, 9.17) is 4.74 Å². The Morgan fingerprint density at radius 2 is 2.00 bits per heavy atom. The standard InChI is InChI=1S/C14H13N3O/c1-18-14-7-6-11(8-15-14)10-17-13-5-3-2-4-12(13)9-16-17/h2-9H,10H2,1H3. The quantitative estimate of drug-likeness (QED) is 0.705. The average molecular weight is 239 g/mol. The first-order valence-corrected chi connectivity index (χ1v) is 5.76. The van der Waals surface area contributed by atoms with Crippen LogP contribution in [0.1, 0.15) is 5.56 Å². The number of nitrogens with zero attached hydrogens (tertiary/aromatic N) is 3. The van der Waals surface area contributed by atoms with Crippen LogP contribution in [0.4, 0.5) is 0 Å². The van der Waals surface area contributed by atoms with E-state index in [9.17, 15) is 0 Å². The van der Waals surface area contributed by atoms with Gasteiger partial charge in [-0.15, -0.1) is 0 Å². The highest BCUT2D eigenvalue weighted by molar-refractivity contribution is 5.78. The first kappa shape index (κ1) is 10.8. The topological polar surface area (TPSA) is 39.9 Å². The van der Waals surface area contributed by atoms with Crippen molar-refractivity contribution in [2.75, 3.05) is 7.11 Å². The minimum absolute atomic E-state index is 0.629. The molecule has 0 amide bonds. The van der Waals surface area contributed by atoms with E-state index in [0.29, 0.717) is 12.4 Å². The lowest BCUT2D eigenvalue weighted by Crippen LogP contribution is -2.01. The predicted octanol–water partition coefficient (Wildman–Crippen LogP) is 2.49. The van der Waals surface area contributed by atoms with Gasteiger partial charge in [0.25, 0.3) is 0 Å². The normalized spacial score (nSPS) is 10.7. The van der Waals surface area contributed by atoms with E-state index >= 15 is 0 Å².